The van der Waals surface area contributed by atoms with E-state index in [0.29, 0.717) is 51.5 Å². The van der Waals surface area contributed by atoms with Gasteiger partial charge in [0, 0.05) is 0 Å². The zero-order valence-corrected chi connectivity index (χ0v) is 50.0. The molecule has 4 unspecified atom stereocenters. The van der Waals surface area contributed by atoms with E-state index in [0.717, 1.165) is 12.1 Å². The van der Waals surface area contributed by atoms with E-state index in [2.05, 4.69) is 14.2 Å². The first-order valence-electron chi connectivity index (χ1n) is 24.8. The van der Waals surface area contributed by atoms with Gasteiger partial charge in [-0.05, 0) is 88.8 Å². The van der Waals surface area contributed by atoms with Crippen LogP contribution in [0.4, 0.5) is 52.7 Å². The van der Waals surface area contributed by atoms with Crippen LogP contribution < -0.4 is 28.4 Å². The van der Waals surface area contributed by atoms with E-state index in [4.69, 9.17) is 77.0 Å². The summed E-state index contributed by atoms with van der Waals surface area (Å²) in [6, 6.07) is 10.8. The highest BCUT2D eigenvalue weighted by molar-refractivity contribution is 7.86. The largest absolute Gasteiger partial charge is 0.748 e. The summed E-state index contributed by atoms with van der Waals surface area (Å²) in [5.74, 6) is -7.83. The predicted molar refractivity (Wildman–Crippen MR) is 301 cm³/mol. The maximum absolute atomic E-state index is 12.9. The number of hydrogen-bond acceptors (Lipinski definition) is 19. The highest BCUT2D eigenvalue weighted by Crippen LogP contribution is 2.37. The Morgan fingerprint density at radius 1 is 0.389 bits per heavy atom. The molecule has 0 fully saturated rings. The van der Waals surface area contributed by atoms with Crippen molar-refractivity contribution in [2.75, 3.05) is 36.7 Å². The molecule has 0 heterocycles. The second kappa shape index (κ2) is 35.2. The molecule has 4 rings (SSSR count). The first kappa shape index (κ1) is 82.8. The lowest BCUT2D eigenvalue weighted by Crippen LogP contribution is -2.40. The fraction of sp³-hybridized carbons (Fsp3) is 0.489. The molecule has 0 aliphatic rings. The van der Waals surface area contributed by atoms with Crippen LogP contribution in [0.1, 0.15) is 51.4 Å². The number of ether oxygens (including phenoxy) is 6. The van der Waals surface area contributed by atoms with Gasteiger partial charge in [-0.25, -0.2) is 33.7 Å². The molecular formula is C47H46B8F12O19S4-4. The number of aromatic hydroxyl groups is 1. The van der Waals surface area contributed by atoms with E-state index in [1.165, 1.54) is 43.5 Å². The summed E-state index contributed by atoms with van der Waals surface area (Å²) in [5, 5.41) is 9.71. The van der Waals surface area contributed by atoms with Gasteiger partial charge in [-0.15, -0.1) is 0 Å². The Labute approximate surface area is 521 Å². The summed E-state index contributed by atoms with van der Waals surface area (Å²) in [7, 11) is 24.3. The second-order valence-electron chi connectivity index (χ2n) is 18.0. The van der Waals surface area contributed by atoms with E-state index in [-0.39, 0.29) is 84.7 Å². The zero-order chi connectivity index (χ0) is 69.8. The zero-order valence-electron chi connectivity index (χ0n) is 46.8. The highest BCUT2D eigenvalue weighted by Gasteiger charge is 2.46. The topological polar surface area (TPSA) is 304 Å². The third kappa shape index (κ3) is 30.0. The summed E-state index contributed by atoms with van der Waals surface area (Å²) in [4.78, 5) is 0. The van der Waals surface area contributed by atoms with Gasteiger partial charge in [0.1, 0.15) is 40.2 Å². The number of phenolic OH excluding ortho intramolecular Hbond substituents is 1. The molecule has 0 spiro atoms. The van der Waals surface area contributed by atoms with Crippen LogP contribution in [-0.2, 0) is 91.0 Å². The normalized spacial score (nSPS) is 13.7. The lowest BCUT2D eigenvalue weighted by Gasteiger charge is -2.24. The van der Waals surface area contributed by atoms with E-state index >= 15 is 0 Å². The third-order valence-corrected chi connectivity index (χ3v) is 13.8. The lowest BCUT2D eigenvalue weighted by molar-refractivity contribution is -0.188. The molecule has 4 aromatic rings. The molecule has 0 saturated carbocycles. The van der Waals surface area contributed by atoms with Crippen LogP contribution in [0.2, 0.25) is 0 Å². The smallest absolute Gasteiger partial charge is 0.426 e. The Morgan fingerprint density at radius 2 is 0.611 bits per heavy atom. The Kier molecular flexibility index (Phi) is 32.4. The van der Waals surface area contributed by atoms with Gasteiger partial charge in [-0.1, -0.05) is 67.8 Å². The van der Waals surface area contributed by atoms with Gasteiger partial charge in [-0.3, -0.25) is 0 Å². The minimum Gasteiger partial charge on any atom is -0.748 e. The van der Waals surface area contributed by atoms with Crippen molar-refractivity contribution in [3.63, 3.8) is 0 Å². The van der Waals surface area contributed by atoms with E-state index < -0.39 is 118 Å². The van der Waals surface area contributed by atoms with Crippen molar-refractivity contribution in [1.29, 1.82) is 0 Å². The number of alkyl halides is 12. The molecule has 0 saturated heterocycles. The molecular weight excluding hydrogens is 1310 g/mol. The van der Waals surface area contributed by atoms with Crippen molar-refractivity contribution in [2.45, 2.75) is 107 Å². The van der Waals surface area contributed by atoms with E-state index in [1.54, 1.807) is 13.0 Å². The van der Waals surface area contributed by atoms with Gasteiger partial charge in [-0.2, -0.15) is 52.7 Å². The second-order valence-corrected chi connectivity index (χ2v) is 23.8. The number of halogens is 12. The molecule has 0 bridgehead atoms. The Balaban J connectivity index is 0.000000601. The number of rotatable bonds is 27. The van der Waals surface area contributed by atoms with Crippen molar-refractivity contribution in [1.82, 2.24) is 0 Å². The summed E-state index contributed by atoms with van der Waals surface area (Å²) < 4.78 is 310. The van der Waals surface area contributed by atoms with Crippen molar-refractivity contribution < 1.29 is 138 Å². The van der Waals surface area contributed by atoms with Crippen molar-refractivity contribution in [2.24, 2.45) is 0 Å². The van der Waals surface area contributed by atoms with Gasteiger partial charge < -0.3 is 51.7 Å². The van der Waals surface area contributed by atoms with Crippen molar-refractivity contribution >= 4 is 103 Å². The number of benzene rings is 4. The molecule has 4 atom stereocenters. The number of phenols is 1. The van der Waals surface area contributed by atoms with E-state index in [9.17, 15) is 110 Å². The van der Waals surface area contributed by atoms with Crippen LogP contribution >= 0.6 is 0 Å². The molecule has 1 N–H and O–H groups in total. The summed E-state index contributed by atoms with van der Waals surface area (Å²) in [6.45, 7) is 2.00. The molecule has 43 heteroatoms. The minimum absolute atomic E-state index is 0.0424. The molecule has 0 aliphatic heterocycles. The van der Waals surface area contributed by atoms with E-state index in [1.807, 2.05) is 0 Å². The third-order valence-electron chi connectivity index (χ3n) is 11.0. The molecule has 4 aromatic carbocycles. The van der Waals surface area contributed by atoms with Gasteiger partial charge in [0.25, 0.3) is 0 Å². The highest BCUT2D eigenvalue weighted by atomic mass is 32.2. The maximum Gasteiger partial charge on any atom is 0.426 e. The predicted octanol–water partition coefficient (Wildman–Crippen LogP) is 3.63. The van der Waals surface area contributed by atoms with Gasteiger partial charge in [0.2, 0.25) is 24.4 Å². The first-order chi connectivity index (χ1) is 41.0. The Hall–Kier alpha value is -5.20. The Morgan fingerprint density at radius 3 is 0.800 bits per heavy atom. The summed E-state index contributed by atoms with van der Waals surface area (Å²) >= 11 is 0. The molecule has 0 aromatic heterocycles. The molecule has 19 nitrogen and oxygen atoms in total. The van der Waals surface area contributed by atoms with Crippen LogP contribution in [0.3, 0.4) is 0 Å². The first-order valence-corrected chi connectivity index (χ1v) is 31.1. The monoisotopic (exact) mass is 1360 g/mol. The van der Waals surface area contributed by atoms with Gasteiger partial charge in [0.05, 0.1) is 140 Å². The van der Waals surface area contributed by atoms with Crippen LogP contribution in [-0.4, -0.2) is 206 Å². The lowest BCUT2D eigenvalue weighted by atomic mass is 9.89. The van der Waals surface area contributed by atoms with Gasteiger partial charge >= 0.3 is 24.7 Å². The SMILES string of the molecule is [B]Cc1cc(C[B])cc(OC(CS(=O)(=O)[O-])C(F)(F)F)c1.[B]Cc1cc(OC(CS(=O)(=O)[O-])C(F)(F)F)cc(C[B])c1O.[B]Cc1cc(OC(CS(=O)(=O)[O-])C(F)(F)F)cc(C[B])c1OC.[B]Cc1cc(OC(CS(=O)(=O)[O-])C(F)(F)F)cc(C[B])c1OCC. The van der Waals surface area contributed by atoms with Gasteiger partial charge in [0.15, 0.2) is 0 Å². The Bertz CT molecular complexity index is 3330. The molecule has 16 radical (unpaired) electrons. The van der Waals surface area contributed by atoms with Crippen LogP contribution in [0.5, 0.6) is 40.2 Å². The fourth-order valence-electron chi connectivity index (χ4n) is 7.10. The average Bonchev–Trinajstić information content (AvgIpc) is 0.882. The van der Waals surface area contributed by atoms with Crippen LogP contribution in [0.15, 0.2) is 54.6 Å². The van der Waals surface area contributed by atoms with Crippen LogP contribution in [0, 0.1) is 0 Å². The molecule has 484 valence electrons. The fourth-order valence-corrected chi connectivity index (χ4v) is 9.61. The van der Waals surface area contributed by atoms with Crippen molar-refractivity contribution in [3.8, 4) is 40.2 Å². The molecule has 90 heavy (non-hydrogen) atoms. The minimum atomic E-state index is -5.16. The number of hydrogen-bond donors (Lipinski definition) is 1. The standard InChI is InChI=1S/C13H15B2F3O5S.C12H13B2F3O5S.C11H11B2F3O5S.C11H11B2F3O4S/c1-2-22-12-8(5-14)3-10(4-9(12)6-15)23-11(13(16,17)18)7-24(19,20)21;1-21-11-7(4-13)2-9(3-8(11)5-14)22-10(12(15,16)17)6-23(18,19)20;12-3-6-1-8(2-7(4-13)10(6)17)21-9(11(14,15)16)5-22(18,19)20;12-4-7-1-8(5-13)3-9(2-7)20-10(11(14,15)16)6-21(17,18)19/h3-4,11H,2,5-7H2,1H3,(H,19,20,21);2-3,10H,4-6H2,1H3,(H,18,19,20);1-2,9,17H,3-5H2,(H,18,19,20);1-3,10H,4-6H2,(H,17,18,19)/p-4. The quantitative estimate of drug-likeness (QED) is 0.0506. The molecule has 0 aliphatic carbocycles. The van der Waals surface area contributed by atoms with Crippen molar-refractivity contribution in [3.05, 3.63) is 99.1 Å². The summed E-state index contributed by atoms with van der Waals surface area (Å²) in [5.41, 5.74) is 2.44. The maximum atomic E-state index is 12.9. The van der Waals surface area contributed by atoms with Crippen LogP contribution in [0.25, 0.3) is 0 Å². The average molecular weight is 1360 g/mol. The number of methoxy groups -OCH3 is 1. The summed E-state index contributed by atoms with van der Waals surface area (Å²) in [6.07, 6.45) is -31.9. The molecule has 0 amide bonds.